The maximum absolute atomic E-state index is 12.3. The number of ether oxygens (including phenoxy) is 1. The molecule has 0 unspecified atom stereocenters. The van der Waals surface area contributed by atoms with Crippen molar-refractivity contribution in [1.82, 2.24) is 20.3 Å². The normalized spacial score (nSPS) is 14.9. The number of nitrogens with one attached hydrogen (secondary N) is 2. The number of hydrogen-bond acceptors (Lipinski definition) is 5. The minimum atomic E-state index is -0.250. The van der Waals surface area contributed by atoms with Crippen LogP contribution in [0.2, 0.25) is 0 Å². The van der Waals surface area contributed by atoms with Crippen molar-refractivity contribution in [2.45, 2.75) is 25.5 Å². The number of carbonyl (C=O) groups is 1. The molecule has 0 radical (unpaired) electrons. The number of aromatic nitrogens is 3. The Morgan fingerprint density at radius 3 is 2.96 bits per heavy atom. The molecule has 0 atom stereocenters. The van der Waals surface area contributed by atoms with Crippen LogP contribution in [0, 0.1) is 0 Å². The van der Waals surface area contributed by atoms with Crippen molar-refractivity contribution in [3.8, 4) is 0 Å². The number of halogens is 1. The van der Waals surface area contributed by atoms with Crippen LogP contribution >= 0.6 is 12.4 Å². The van der Waals surface area contributed by atoms with Crippen molar-refractivity contribution in [3.05, 3.63) is 41.7 Å². The number of amides is 1. The van der Waals surface area contributed by atoms with Gasteiger partial charge in [0.15, 0.2) is 5.69 Å². The van der Waals surface area contributed by atoms with Crippen LogP contribution in [-0.4, -0.2) is 41.1 Å². The Balaban J connectivity index is 0.00000208. The second kappa shape index (κ2) is 8.77. The Bertz CT molecular complexity index is 670. The van der Waals surface area contributed by atoms with E-state index in [1.165, 1.54) is 0 Å². The summed E-state index contributed by atoms with van der Waals surface area (Å²) in [6, 6.07) is 7.88. The van der Waals surface area contributed by atoms with E-state index in [2.05, 4.69) is 20.9 Å². The summed E-state index contributed by atoms with van der Waals surface area (Å²) in [6.45, 7) is 2.45. The fourth-order valence-electron chi connectivity index (χ4n) is 2.73. The number of rotatable bonds is 5. The van der Waals surface area contributed by atoms with Crippen LogP contribution in [0.25, 0.3) is 0 Å². The summed E-state index contributed by atoms with van der Waals surface area (Å²) in [6.07, 6.45) is 3.73. The molecular weight excluding hydrogens is 330 g/mol. The Morgan fingerprint density at radius 2 is 2.21 bits per heavy atom. The third kappa shape index (κ3) is 4.53. The molecule has 0 saturated carbocycles. The third-order valence-electron chi connectivity index (χ3n) is 3.92. The number of nitrogens with zero attached hydrogens (tertiary/aromatic N) is 3. The van der Waals surface area contributed by atoms with E-state index in [1.807, 2.05) is 24.3 Å². The van der Waals surface area contributed by atoms with Gasteiger partial charge in [0.25, 0.3) is 5.91 Å². The van der Waals surface area contributed by atoms with Gasteiger partial charge in [-0.3, -0.25) is 4.79 Å². The maximum Gasteiger partial charge on any atom is 0.277 e. The molecule has 130 valence electrons. The summed E-state index contributed by atoms with van der Waals surface area (Å²) in [4.78, 5) is 12.3. The lowest BCUT2D eigenvalue weighted by Crippen LogP contribution is -2.29. The van der Waals surface area contributed by atoms with Crippen molar-refractivity contribution in [3.63, 3.8) is 0 Å². The monoisotopic (exact) mass is 351 g/mol. The molecule has 1 aliphatic rings. The molecule has 3 rings (SSSR count). The van der Waals surface area contributed by atoms with Crippen LogP contribution < -0.4 is 10.6 Å². The molecule has 1 aromatic carbocycles. The maximum atomic E-state index is 12.3. The van der Waals surface area contributed by atoms with E-state index < -0.39 is 0 Å². The van der Waals surface area contributed by atoms with Gasteiger partial charge < -0.3 is 15.4 Å². The summed E-state index contributed by atoms with van der Waals surface area (Å²) in [7, 11) is 1.64. The molecule has 0 spiro atoms. The van der Waals surface area contributed by atoms with E-state index in [9.17, 15) is 4.79 Å². The fraction of sp³-hybridized carbons (Fsp3) is 0.438. The molecular formula is C16H22ClN5O2. The lowest BCUT2D eigenvalue weighted by molar-refractivity contribution is 0.102. The highest BCUT2D eigenvalue weighted by molar-refractivity contribution is 6.02. The Kier molecular flexibility index (Phi) is 6.72. The smallest absolute Gasteiger partial charge is 0.277 e. The zero-order chi connectivity index (χ0) is 16.1. The van der Waals surface area contributed by atoms with Crippen LogP contribution in [0.15, 0.2) is 30.5 Å². The molecule has 0 aliphatic carbocycles. The average molecular weight is 352 g/mol. The fourth-order valence-corrected chi connectivity index (χ4v) is 2.73. The van der Waals surface area contributed by atoms with Crippen molar-refractivity contribution in [2.24, 2.45) is 0 Å². The molecule has 8 heteroatoms. The molecule has 1 aromatic heterocycles. The van der Waals surface area contributed by atoms with Gasteiger partial charge in [0, 0.05) is 12.8 Å². The van der Waals surface area contributed by atoms with E-state index in [0.717, 1.165) is 37.2 Å². The van der Waals surface area contributed by atoms with Crippen LogP contribution in [0.5, 0.6) is 0 Å². The molecule has 1 fully saturated rings. The summed E-state index contributed by atoms with van der Waals surface area (Å²) in [5, 5.41) is 14.3. The highest BCUT2D eigenvalue weighted by atomic mass is 35.5. The zero-order valence-corrected chi connectivity index (χ0v) is 14.4. The second-order valence-electron chi connectivity index (χ2n) is 5.65. The molecule has 24 heavy (non-hydrogen) atoms. The molecule has 2 N–H and O–H groups in total. The average Bonchev–Trinajstić information content (AvgIpc) is 3.06. The van der Waals surface area contributed by atoms with Gasteiger partial charge in [0.1, 0.15) is 0 Å². The van der Waals surface area contributed by atoms with Gasteiger partial charge in [-0.2, -0.15) is 0 Å². The van der Waals surface area contributed by atoms with Crippen LogP contribution in [-0.2, 0) is 11.3 Å². The molecule has 7 nitrogen and oxygen atoms in total. The zero-order valence-electron chi connectivity index (χ0n) is 13.6. The van der Waals surface area contributed by atoms with E-state index in [1.54, 1.807) is 18.0 Å². The number of hydrogen-bond donors (Lipinski definition) is 2. The lowest BCUT2D eigenvalue weighted by Gasteiger charge is -2.22. The summed E-state index contributed by atoms with van der Waals surface area (Å²) in [5.74, 6) is -0.250. The standard InChI is InChI=1S/C16H21N5O2.ClH/c1-23-11-12-3-2-4-13(9-12)18-16(22)15-10-21(20-19-15)14-5-7-17-8-6-14;/h2-4,9-10,14,17H,5-8,11H2,1H3,(H,18,22);1H. The van der Waals surface area contributed by atoms with Gasteiger partial charge in [-0.05, 0) is 43.6 Å². The number of anilines is 1. The van der Waals surface area contributed by atoms with Gasteiger partial charge in [0.05, 0.1) is 18.8 Å². The first-order valence-electron chi connectivity index (χ1n) is 7.78. The summed E-state index contributed by atoms with van der Waals surface area (Å²) < 4.78 is 6.90. The van der Waals surface area contributed by atoms with Crippen molar-refractivity contribution < 1.29 is 9.53 Å². The highest BCUT2D eigenvalue weighted by Crippen LogP contribution is 2.18. The molecule has 1 saturated heterocycles. The number of benzene rings is 1. The number of carbonyl (C=O) groups excluding carboxylic acids is 1. The number of piperidine rings is 1. The van der Waals surface area contributed by atoms with Gasteiger partial charge in [-0.1, -0.05) is 17.3 Å². The minimum absolute atomic E-state index is 0. The number of methoxy groups -OCH3 is 1. The Morgan fingerprint density at radius 1 is 1.42 bits per heavy atom. The van der Waals surface area contributed by atoms with Gasteiger partial charge >= 0.3 is 0 Å². The molecule has 2 heterocycles. The summed E-state index contributed by atoms with van der Waals surface area (Å²) >= 11 is 0. The van der Waals surface area contributed by atoms with Gasteiger partial charge in [0.2, 0.25) is 0 Å². The van der Waals surface area contributed by atoms with E-state index >= 15 is 0 Å². The minimum Gasteiger partial charge on any atom is -0.380 e. The van der Waals surface area contributed by atoms with Gasteiger partial charge in [-0.15, -0.1) is 17.5 Å². The van der Waals surface area contributed by atoms with Gasteiger partial charge in [-0.25, -0.2) is 4.68 Å². The third-order valence-corrected chi connectivity index (χ3v) is 3.92. The Labute approximate surface area is 147 Å². The molecule has 1 aliphatic heterocycles. The van der Waals surface area contributed by atoms with Crippen LogP contribution in [0.4, 0.5) is 5.69 Å². The second-order valence-corrected chi connectivity index (χ2v) is 5.65. The topological polar surface area (TPSA) is 81.1 Å². The molecule has 2 aromatic rings. The summed E-state index contributed by atoms with van der Waals surface area (Å²) in [5.41, 5.74) is 2.06. The lowest BCUT2D eigenvalue weighted by atomic mass is 10.1. The van der Waals surface area contributed by atoms with Crippen molar-refractivity contribution >= 4 is 24.0 Å². The highest BCUT2D eigenvalue weighted by Gasteiger charge is 2.18. The first-order chi connectivity index (χ1) is 11.3. The Hall–Kier alpha value is -1.96. The van der Waals surface area contributed by atoms with Crippen LogP contribution in [0.3, 0.4) is 0 Å². The van der Waals surface area contributed by atoms with Crippen molar-refractivity contribution in [1.29, 1.82) is 0 Å². The largest absolute Gasteiger partial charge is 0.380 e. The SMILES string of the molecule is COCc1cccc(NC(=O)c2cn(C3CCNCC3)nn2)c1.Cl. The quantitative estimate of drug-likeness (QED) is 0.861. The van der Waals surface area contributed by atoms with E-state index in [4.69, 9.17) is 4.74 Å². The predicted molar refractivity (Wildman–Crippen MR) is 93.5 cm³/mol. The van der Waals surface area contributed by atoms with Crippen LogP contribution in [0.1, 0.15) is 34.9 Å². The van der Waals surface area contributed by atoms with E-state index in [-0.39, 0.29) is 18.3 Å². The first-order valence-corrected chi connectivity index (χ1v) is 7.78. The molecule has 1 amide bonds. The predicted octanol–water partition coefficient (Wildman–Crippen LogP) is 2.02. The first kappa shape index (κ1) is 18.4. The van der Waals surface area contributed by atoms with Crippen molar-refractivity contribution in [2.75, 3.05) is 25.5 Å². The van der Waals surface area contributed by atoms with E-state index in [0.29, 0.717) is 18.3 Å². The molecule has 0 bridgehead atoms.